The number of hydrogen-bond acceptors (Lipinski definition) is 3. The molecule has 0 saturated carbocycles. The molecule has 30 heavy (non-hydrogen) atoms. The van der Waals surface area contributed by atoms with Gasteiger partial charge in [-0.15, -0.1) is 5.10 Å². The van der Waals surface area contributed by atoms with E-state index in [4.69, 9.17) is 11.3 Å². The van der Waals surface area contributed by atoms with Crippen LogP contribution in [0.1, 0.15) is 42.9 Å². The summed E-state index contributed by atoms with van der Waals surface area (Å²) >= 11 is 0. The zero-order valence-electron chi connectivity index (χ0n) is 17.4. The molecule has 0 saturated heterocycles. The van der Waals surface area contributed by atoms with Crippen molar-refractivity contribution < 1.29 is 0 Å². The molecule has 1 aromatic heterocycles. The molecule has 0 unspecified atom stereocenters. The fourth-order valence-electron chi connectivity index (χ4n) is 3.46. The molecule has 0 radical (unpaired) electrons. The number of nitrogens with two attached hydrogens (primary N) is 1. The Balaban J connectivity index is 2.07. The molecular formula is C24H27N5O. The molecule has 3 rings (SSSR count). The number of unbranched alkanes of at least 4 members (excludes halogenated alkanes) is 2. The van der Waals surface area contributed by atoms with E-state index >= 15 is 0 Å². The van der Waals surface area contributed by atoms with Crippen LogP contribution in [-0.2, 0) is 6.42 Å². The van der Waals surface area contributed by atoms with Crippen molar-refractivity contribution in [2.75, 3.05) is 0 Å². The minimum atomic E-state index is -0.361. The molecule has 4 N–H and O–H groups in total. The van der Waals surface area contributed by atoms with Crippen LogP contribution in [-0.4, -0.2) is 10.8 Å². The van der Waals surface area contributed by atoms with Gasteiger partial charge in [0.2, 0.25) is 0 Å². The predicted octanol–water partition coefficient (Wildman–Crippen LogP) is 5.40. The first-order chi connectivity index (χ1) is 14.5. The highest BCUT2D eigenvalue weighted by molar-refractivity contribution is 6.03. The number of hydrogen-bond donors (Lipinski definition) is 3. The third kappa shape index (κ3) is 4.89. The maximum absolute atomic E-state index is 12.9. The minimum Gasteiger partial charge on any atom is -0.381 e. The molecule has 0 amide bonds. The van der Waals surface area contributed by atoms with E-state index in [0.717, 1.165) is 23.1 Å². The van der Waals surface area contributed by atoms with Gasteiger partial charge in [0.05, 0.1) is 5.56 Å². The molecule has 0 fully saturated rings. The van der Waals surface area contributed by atoms with E-state index in [9.17, 15) is 4.79 Å². The van der Waals surface area contributed by atoms with Crippen molar-refractivity contribution in [3.05, 3.63) is 81.6 Å². The smallest absolute Gasteiger partial charge is 0.260 e. The second-order valence-electron chi connectivity index (χ2n) is 7.41. The predicted molar refractivity (Wildman–Crippen MR) is 122 cm³/mol. The number of aromatic nitrogens is 1. The van der Waals surface area contributed by atoms with Gasteiger partial charge in [0.1, 0.15) is 0 Å². The molecule has 6 nitrogen and oxygen atoms in total. The van der Waals surface area contributed by atoms with E-state index in [0.29, 0.717) is 11.3 Å². The zero-order valence-corrected chi connectivity index (χ0v) is 17.4. The zero-order chi connectivity index (χ0) is 21.5. The molecule has 2 aromatic carbocycles. The Kier molecular flexibility index (Phi) is 6.91. The van der Waals surface area contributed by atoms with Gasteiger partial charge in [-0.05, 0) is 42.5 Å². The third-order valence-electron chi connectivity index (χ3n) is 5.14. The van der Waals surface area contributed by atoms with Gasteiger partial charge in [0, 0.05) is 11.3 Å². The molecule has 0 spiro atoms. The van der Waals surface area contributed by atoms with Crippen LogP contribution < -0.4 is 11.3 Å². The van der Waals surface area contributed by atoms with E-state index < -0.39 is 0 Å². The number of nitrogens with zero attached hydrogens (tertiary/aromatic N) is 2. The Morgan fingerprint density at radius 3 is 2.33 bits per heavy atom. The monoisotopic (exact) mass is 401 g/mol. The summed E-state index contributed by atoms with van der Waals surface area (Å²) in [6.45, 7) is 4.20. The summed E-state index contributed by atoms with van der Waals surface area (Å²) in [5, 5.41) is 6.56. The Bertz CT molecular complexity index is 1100. The van der Waals surface area contributed by atoms with Crippen molar-refractivity contribution in [2.45, 2.75) is 39.5 Å². The lowest BCUT2D eigenvalue weighted by Gasteiger charge is -2.12. The maximum atomic E-state index is 12.9. The van der Waals surface area contributed by atoms with Gasteiger partial charge in [-0.1, -0.05) is 79.1 Å². The number of nitrogens with one attached hydrogen (secondary N) is 2. The van der Waals surface area contributed by atoms with Crippen LogP contribution in [0.5, 0.6) is 0 Å². The first-order valence-electron chi connectivity index (χ1n) is 10.2. The van der Waals surface area contributed by atoms with Crippen LogP contribution >= 0.6 is 0 Å². The van der Waals surface area contributed by atoms with Gasteiger partial charge >= 0.3 is 0 Å². The summed E-state index contributed by atoms with van der Waals surface area (Å²) in [6.07, 6.45) is 4.66. The highest BCUT2D eigenvalue weighted by atomic mass is 16.1. The molecule has 0 aliphatic rings. The fraction of sp³-hybridized carbons (Fsp3) is 0.250. The molecule has 3 aromatic rings. The lowest BCUT2D eigenvalue weighted by Crippen LogP contribution is -2.26. The first-order valence-corrected chi connectivity index (χ1v) is 10.2. The summed E-state index contributed by atoms with van der Waals surface area (Å²) in [4.78, 5) is 15.8. The number of benzene rings is 2. The van der Waals surface area contributed by atoms with Crippen LogP contribution in [0.3, 0.4) is 0 Å². The van der Waals surface area contributed by atoms with Gasteiger partial charge in [0.25, 0.3) is 5.56 Å². The average Bonchev–Trinajstić information content (AvgIpc) is 2.74. The Morgan fingerprint density at radius 2 is 1.70 bits per heavy atom. The van der Waals surface area contributed by atoms with Crippen LogP contribution in [0.15, 0.2) is 69.7 Å². The highest BCUT2D eigenvalue weighted by Crippen LogP contribution is 2.27. The average molecular weight is 402 g/mol. The standard InChI is InChI=1S/C24H27N5O/c1-3-4-5-6-17-9-13-19(14-10-17)21-15-20(18-11-7-16(2)8-12-18)22(24(30)27-21)23(25)28-29-26/h7-15H,3-6H2,1-2H3,(H,27,30)(H3,25,26,28). The lowest BCUT2D eigenvalue weighted by atomic mass is 9.96. The number of pyridine rings is 1. The van der Waals surface area contributed by atoms with E-state index in [-0.39, 0.29) is 17.0 Å². The molecule has 0 aliphatic carbocycles. The van der Waals surface area contributed by atoms with E-state index in [2.05, 4.69) is 34.4 Å². The second-order valence-corrected chi connectivity index (χ2v) is 7.41. The SMILES string of the molecule is CCCCCc1ccc(-c2cc(-c3ccc(C)cc3)c(C(N)=NN=N)c(=O)[nH]2)cc1. The van der Waals surface area contributed by atoms with Crippen LogP contribution in [0, 0.1) is 12.5 Å². The Labute approximate surface area is 176 Å². The molecule has 154 valence electrons. The van der Waals surface area contributed by atoms with E-state index in [1.54, 1.807) is 0 Å². The van der Waals surface area contributed by atoms with E-state index in [1.165, 1.54) is 24.8 Å². The maximum Gasteiger partial charge on any atom is 0.260 e. The third-order valence-corrected chi connectivity index (χ3v) is 5.14. The number of rotatable bonds is 8. The molecule has 1 heterocycles. The second kappa shape index (κ2) is 9.78. The quantitative estimate of drug-likeness (QED) is 0.154. The number of aromatic amines is 1. The van der Waals surface area contributed by atoms with Crippen molar-refractivity contribution >= 4 is 5.84 Å². The first kappa shape index (κ1) is 21.2. The topological polar surface area (TPSA) is 107 Å². The minimum absolute atomic E-state index is 0.0837. The van der Waals surface area contributed by atoms with Gasteiger partial charge in [-0.25, -0.2) is 0 Å². The fourth-order valence-corrected chi connectivity index (χ4v) is 3.46. The van der Waals surface area contributed by atoms with Gasteiger partial charge in [-0.3, -0.25) is 4.79 Å². The van der Waals surface area contributed by atoms with Gasteiger partial charge in [-0.2, -0.15) is 5.53 Å². The Hall–Kier alpha value is -3.54. The lowest BCUT2D eigenvalue weighted by molar-refractivity contribution is 0.717. The van der Waals surface area contributed by atoms with Crippen molar-refractivity contribution in [3.8, 4) is 22.4 Å². The Morgan fingerprint density at radius 1 is 1.03 bits per heavy atom. The van der Waals surface area contributed by atoms with Crippen LogP contribution in [0.4, 0.5) is 0 Å². The summed E-state index contributed by atoms with van der Waals surface area (Å²) in [7, 11) is 0. The number of aryl methyl sites for hydroxylation is 2. The molecule has 0 aliphatic heterocycles. The molecule has 0 atom stereocenters. The van der Waals surface area contributed by atoms with Gasteiger partial charge in [0.15, 0.2) is 5.84 Å². The van der Waals surface area contributed by atoms with Crippen molar-refractivity contribution in [1.82, 2.24) is 4.98 Å². The normalized spacial score (nSPS) is 11.5. The summed E-state index contributed by atoms with van der Waals surface area (Å²) < 4.78 is 0. The molecule has 6 heteroatoms. The number of H-pyrrole nitrogens is 1. The molecular weight excluding hydrogens is 374 g/mol. The summed E-state index contributed by atoms with van der Waals surface area (Å²) in [6, 6.07) is 18.0. The van der Waals surface area contributed by atoms with Crippen molar-refractivity contribution in [3.63, 3.8) is 0 Å². The highest BCUT2D eigenvalue weighted by Gasteiger charge is 2.16. The van der Waals surface area contributed by atoms with Crippen LogP contribution in [0.2, 0.25) is 0 Å². The van der Waals surface area contributed by atoms with E-state index in [1.807, 2.05) is 49.4 Å². The largest absolute Gasteiger partial charge is 0.381 e. The van der Waals surface area contributed by atoms with Crippen molar-refractivity contribution in [1.29, 1.82) is 5.53 Å². The van der Waals surface area contributed by atoms with Crippen LogP contribution in [0.25, 0.3) is 22.4 Å². The van der Waals surface area contributed by atoms with Crippen molar-refractivity contribution in [2.24, 2.45) is 16.1 Å². The van der Waals surface area contributed by atoms with Gasteiger partial charge < -0.3 is 10.7 Å². The summed E-state index contributed by atoms with van der Waals surface area (Å²) in [5.74, 6) is -0.0837. The summed E-state index contributed by atoms with van der Waals surface area (Å²) in [5.41, 5.74) is 18.3. The number of amidine groups is 1. The molecule has 0 bridgehead atoms.